The molecule has 0 aliphatic heterocycles. The molecule has 1 aromatic rings. The van der Waals surface area contributed by atoms with Crippen LogP contribution in [0.1, 0.15) is 39.7 Å². The molecule has 1 amide bonds. The van der Waals surface area contributed by atoms with Crippen LogP contribution in [0.15, 0.2) is 30.3 Å². The number of carbonyl (C=O) groups excluding carboxylic acids is 1. The zero-order chi connectivity index (χ0) is 14.3. The summed E-state index contributed by atoms with van der Waals surface area (Å²) in [5.74, 6) is 0.167. The van der Waals surface area contributed by atoms with Crippen LogP contribution in [0.4, 0.5) is 0 Å². The van der Waals surface area contributed by atoms with Gasteiger partial charge in [-0.1, -0.05) is 37.3 Å². The summed E-state index contributed by atoms with van der Waals surface area (Å²) < 4.78 is 0. The monoisotopic (exact) mass is 262 g/mol. The first-order chi connectivity index (χ1) is 8.92. The van der Waals surface area contributed by atoms with E-state index < -0.39 is 0 Å². The maximum Gasteiger partial charge on any atom is 0.236 e. The standard InChI is InChI=1S/C16H26N2O/c1-5-11-18(13-14-9-7-6-8-10-14)15(19)12-17-16(2,3)4/h6-10,17H,5,11-13H2,1-4H3. The second-order valence-corrected chi connectivity index (χ2v) is 5.90. The molecule has 1 N–H and O–H groups in total. The van der Waals surface area contributed by atoms with E-state index in [4.69, 9.17) is 0 Å². The molecule has 0 radical (unpaired) electrons. The number of nitrogens with one attached hydrogen (secondary N) is 1. The molecule has 0 unspecified atom stereocenters. The Hall–Kier alpha value is -1.35. The van der Waals surface area contributed by atoms with Crippen LogP contribution < -0.4 is 5.32 Å². The topological polar surface area (TPSA) is 32.3 Å². The van der Waals surface area contributed by atoms with Crippen molar-refractivity contribution in [1.29, 1.82) is 0 Å². The molecule has 0 atom stereocenters. The van der Waals surface area contributed by atoms with Gasteiger partial charge in [-0.3, -0.25) is 4.79 Å². The van der Waals surface area contributed by atoms with Crippen LogP contribution in [0.5, 0.6) is 0 Å². The van der Waals surface area contributed by atoms with E-state index in [0.717, 1.165) is 13.0 Å². The predicted molar refractivity (Wildman–Crippen MR) is 79.9 cm³/mol. The van der Waals surface area contributed by atoms with E-state index in [1.165, 1.54) is 5.56 Å². The lowest BCUT2D eigenvalue weighted by atomic mass is 10.1. The van der Waals surface area contributed by atoms with Crippen molar-refractivity contribution in [2.45, 2.75) is 46.2 Å². The first-order valence-corrected chi connectivity index (χ1v) is 6.99. The molecular weight excluding hydrogens is 236 g/mol. The summed E-state index contributed by atoms with van der Waals surface area (Å²) in [7, 11) is 0. The fourth-order valence-electron chi connectivity index (χ4n) is 1.82. The van der Waals surface area contributed by atoms with E-state index in [0.29, 0.717) is 13.1 Å². The van der Waals surface area contributed by atoms with Crippen LogP contribution in [0.2, 0.25) is 0 Å². The average Bonchev–Trinajstić information content (AvgIpc) is 2.36. The second kappa shape index (κ2) is 7.29. The van der Waals surface area contributed by atoms with E-state index in [-0.39, 0.29) is 11.4 Å². The Balaban J connectivity index is 2.59. The molecule has 0 fully saturated rings. The van der Waals surface area contributed by atoms with Gasteiger partial charge in [0.1, 0.15) is 0 Å². The van der Waals surface area contributed by atoms with Crippen LogP contribution in [-0.4, -0.2) is 29.4 Å². The van der Waals surface area contributed by atoms with Gasteiger partial charge >= 0.3 is 0 Å². The summed E-state index contributed by atoms with van der Waals surface area (Å²) in [6.45, 7) is 10.2. The molecule has 0 aliphatic rings. The third kappa shape index (κ3) is 6.39. The summed E-state index contributed by atoms with van der Waals surface area (Å²) in [5.41, 5.74) is 1.15. The van der Waals surface area contributed by atoms with Crippen molar-refractivity contribution < 1.29 is 4.79 Å². The molecule has 106 valence electrons. The predicted octanol–water partition coefficient (Wildman–Crippen LogP) is 2.81. The number of benzene rings is 1. The van der Waals surface area contributed by atoms with Gasteiger partial charge in [0.25, 0.3) is 0 Å². The van der Waals surface area contributed by atoms with Gasteiger partial charge in [-0.2, -0.15) is 0 Å². The smallest absolute Gasteiger partial charge is 0.236 e. The fourth-order valence-corrected chi connectivity index (χ4v) is 1.82. The lowest BCUT2D eigenvalue weighted by molar-refractivity contribution is -0.131. The molecule has 0 aliphatic carbocycles. The summed E-state index contributed by atoms with van der Waals surface area (Å²) in [4.78, 5) is 14.2. The number of carbonyl (C=O) groups is 1. The van der Waals surface area contributed by atoms with Gasteiger partial charge in [0.05, 0.1) is 6.54 Å². The summed E-state index contributed by atoms with van der Waals surface area (Å²) >= 11 is 0. The number of hydrogen-bond donors (Lipinski definition) is 1. The van der Waals surface area contributed by atoms with Crippen LogP contribution in [0, 0.1) is 0 Å². The van der Waals surface area contributed by atoms with E-state index in [1.807, 2.05) is 23.1 Å². The van der Waals surface area contributed by atoms with Crippen molar-refractivity contribution in [3.8, 4) is 0 Å². The second-order valence-electron chi connectivity index (χ2n) is 5.90. The third-order valence-corrected chi connectivity index (χ3v) is 2.83. The van der Waals surface area contributed by atoms with E-state index in [9.17, 15) is 4.79 Å². The Morgan fingerprint density at radius 3 is 2.37 bits per heavy atom. The Morgan fingerprint density at radius 2 is 1.84 bits per heavy atom. The maximum atomic E-state index is 12.2. The molecule has 19 heavy (non-hydrogen) atoms. The Kier molecular flexibility index (Phi) is 6.03. The lowest BCUT2D eigenvalue weighted by Gasteiger charge is -2.26. The van der Waals surface area contributed by atoms with Crippen molar-refractivity contribution in [2.75, 3.05) is 13.1 Å². The molecular formula is C16H26N2O. The summed E-state index contributed by atoms with van der Waals surface area (Å²) in [6, 6.07) is 10.1. The highest BCUT2D eigenvalue weighted by Crippen LogP contribution is 2.06. The quantitative estimate of drug-likeness (QED) is 0.855. The summed E-state index contributed by atoms with van der Waals surface area (Å²) in [6.07, 6.45) is 0.980. The molecule has 1 rings (SSSR count). The Labute approximate surface area is 117 Å². The normalized spacial score (nSPS) is 11.4. The maximum absolute atomic E-state index is 12.2. The fraction of sp³-hybridized carbons (Fsp3) is 0.562. The largest absolute Gasteiger partial charge is 0.337 e. The third-order valence-electron chi connectivity index (χ3n) is 2.83. The Bertz CT molecular complexity index is 381. The van der Waals surface area contributed by atoms with Crippen LogP contribution in [0.3, 0.4) is 0 Å². The van der Waals surface area contributed by atoms with Gasteiger partial charge in [-0.05, 0) is 32.8 Å². The van der Waals surface area contributed by atoms with E-state index in [1.54, 1.807) is 0 Å². The van der Waals surface area contributed by atoms with Crippen LogP contribution in [0.25, 0.3) is 0 Å². The average molecular weight is 262 g/mol. The van der Waals surface area contributed by atoms with Crippen LogP contribution >= 0.6 is 0 Å². The van der Waals surface area contributed by atoms with Gasteiger partial charge in [-0.15, -0.1) is 0 Å². The van der Waals surface area contributed by atoms with Crippen molar-refractivity contribution >= 4 is 5.91 Å². The minimum Gasteiger partial charge on any atom is -0.337 e. The van der Waals surface area contributed by atoms with Gasteiger partial charge in [0.2, 0.25) is 5.91 Å². The zero-order valence-corrected chi connectivity index (χ0v) is 12.6. The van der Waals surface area contributed by atoms with Gasteiger partial charge < -0.3 is 10.2 Å². The molecule has 0 spiro atoms. The molecule has 0 heterocycles. The number of rotatable bonds is 6. The molecule has 0 bridgehead atoms. The molecule has 1 aromatic carbocycles. The van der Waals surface area contributed by atoms with Gasteiger partial charge in [0, 0.05) is 18.6 Å². The molecule has 0 saturated carbocycles. The molecule has 0 aromatic heterocycles. The zero-order valence-electron chi connectivity index (χ0n) is 12.6. The first kappa shape index (κ1) is 15.7. The van der Waals surface area contributed by atoms with Crippen molar-refractivity contribution in [2.24, 2.45) is 0 Å². The van der Waals surface area contributed by atoms with Gasteiger partial charge in [0.15, 0.2) is 0 Å². The molecule has 3 heteroatoms. The SMILES string of the molecule is CCCN(Cc1ccccc1)C(=O)CNC(C)(C)C. The molecule has 0 saturated heterocycles. The van der Waals surface area contributed by atoms with Crippen LogP contribution in [-0.2, 0) is 11.3 Å². The summed E-state index contributed by atoms with van der Waals surface area (Å²) in [5, 5.41) is 3.26. The van der Waals surface area contributed by atoms with Gasteiger partial charge in [-0.25, -0.2) is 0 Å². The van der Waals surface area contributed by atoms with Crippen molar-refractivity contribution in [3.63, 3.8) is 0 Å². The first-order valence-electron chi connectivity index (χ1n) is 6.99. The number of hydrogen-bond acceptors (Lipinski definition) is 2. The van der Waals surface area contributed by atoms with E-state index >= 15 is 0 Å². The Morgan fingerprint density at radius 1 is 1.21 bits per heavy atom. The number of nitrogens with zero attached hydrogens (tertiary/aromatic N) is 1. The van der Waals surface area contributed by atoms with Crippen molar-refractivity contribution in [1.82, 2.24) is 10.2 Å². The minimum absolute atomic E-state index is 0.0275. The lowest BCUT2D eigenvalue weighted by Crippen LogP contribution is -2.44. The highest BCUT2D eigenvalue weighted by atomic mass is 16.2. The van der Waals surface area contributed by atoms with Crippen molar-refractivity contribution in [3.05, 3.63) is 35.9 Å². The highest BCUT2D eigenvalue weighted by Gasteiger charge is 2.16. The van der Waals surface area contributed by atoms with E-state index in [2.05, 4.69) is 45.1 Å². The minimum atomic E-state index is -0.0275. The number of amides is 1. The highest BCUT2D eigenvalue weighted by molar-refractivity contribution is 5.78. The molecule has 3 nitrogen and oxygen atoms in total.